The second-order valence-electron chi connectivity index (χ2n) is 9.10. The van der Waals surface area contributed by atoms with Crippen LogP contribution in [-0.2, 0) is 30.4 Å². The smallest absolute Gasteiger partial charge is 0.326 e. The van der Waals surface area contributed by atoms with Crippen LogP contribution in [0.5, 0.6) is 0 Å². The van der Waals surface area contributed by atoms with Crippen molar-refractivity contribution in [3.63, 3.8) is 0 Å². The minimum absolute atomic E-state index is 0.0974. The van der Waals surface area contributed by atoms with Crippen molar-refractivity contribution in [3.05, 3.63) is 18.2 Å². The van der Waals surface area contributed by atoms with Gasteiger partial charge < -0.3 is 36.5 Å². The van der Waals surface area contributed by atoms with Crippen LogP contribution >= 0.6 is 0 Å². The van der Waals surface area contributed by atoms with Crippen molar-refractivity contribution in [1.29, 1.82) is 0 Å². The maximum absolute atomic E-state index is 13.5. The molecule has 7 N–H and O–H groups in total. The Morgan fingerprint density at radius 2 is 1.91 bits per heavy atom. The van der Waals surface area contributed by atoms with Crippen LogP contribution in [0.25, 0.3) is 0 Å². The lowest BCUT2D eigenvalue weighted by molar-refractivity contribution is -0.145. The van der Waals surface area contributed by atoms with Crippen molar-refractivity contribution in [1.82, 2.24) is 25.5 Å². The van der Waals surface area contributed by atoms with Crippen LogP contribution < -0.4 is 16.4 Å². The first-order valence-corrected chi connectivity index (χ1v) is 11.6. The molecule has 2 rings (SSSR count). The van der Waals surface area contributed by atoms with Gasteiger partial charge in [-0.25, -0.2) is 9.78 Å². The molecule has 1 aliphatic heterocycles. The van der Waals surface area contributed by atoms with Gasteiger partial charge in [0.15, 0.2) is 0 Å². The Balaban J connectivity index is 2.15. The molecule has 2 heterocycles. The highest BCUT2D eigenvalue weighted by molar-refractivity contribution is 5.94. The van der Waals surface area contributed by atoms with Crippen LogP contribution in [-0.4, -0.2) is 85.5 Å². The fourth-order valence-corrected chi connectivity index (χ4v) is 4.01. The first-order valence-electron chi connectivity index (χ1n) is 11.6. The zero-order chi connectivity index (χ0) is 26.1. The summed E-state index contributed by atoms with van der Waals surface area (Å²) in [5.41, 5.74) is 6.58. The lowest BCUT2D eigenvalue weighted by Gasteiger charge is -2.30. The van der Waals surface area contributed by atoms with Gasteiger partial charge in [0.25, 0.3) is 0 Å². The molecule has 0 saturated carbocycles. The summed E-state index contributed by atoms with van der Waals surface area (Å²) in [6.07, 6.45) is 3.59. The van der Waals surface area contributed by atoms with Gasteiger partial charge in [-0.15, -0.1) is 0 Å². The molecule has 13 nitrogen and oxygen atoms in total. The number of H-pyrrole nitrogens is 1. The molecule has 35 heavy (non-hydrogen) atoms. The Morgan fingerprint density at radius 1 is 1.20 bits per heavy atom. The number of nitrogens with one attached hydrogen (secondary N) is 3. The summed E-state index contributed by atoms with van der Waals surface area (Å²) < 4.78 is 0. The second-order valence-corrected chi connectivity index (χ2v) is 9.10. The molecule has 0 aliphatic carbocycles. The van der Waals surface area contributed by atoms with E-state index in [1.165, 1.54) is 17.4 Å². The summed E-state index contributed by atoms with van der Waals surface area (Å²) in [6, 6.07) is -4.17. The Morgan fingerprint density at radius 3 is 2.49 bits per heavy atom. The van der Waals surface area contributed by atoms with E-state index < -0.39 is 60.2 Å². The van der Waals surface area contributed by atoms with Gasteiger partial charge in [0.1, 0.15) is 18.1 Å². The minimum Gasteiger partial charge on any atom is -0.481 e. The van der Waals surface area contributed by atoms with Gasteiger partial charge in [0.05, 0.1) is 12.4 Å². The highest BCUT2D eigenvalue weighted by Crippen LogP contribution is 2.20. The largest absolute Gasteiger partial charge is 0.481 e. The SMILES string of the molecule is CC(C)CC(N)C(=O)NC(Cc1cnc[nH]1)C(=O)N1CCCC1C(=O)NC(CCC(=O)O)C(=O)O. The molecular weight excluding hydrogens is 460 g/mol. The van der Waals surface area contributed by atoms with E-state index in [0.29, 0.717) is 25.0 Å². The zero-order valence-corrected chi connectivity index (χ0v) is 19.9. The number of nitrogens with zero attached hydrogens (tertiary/aromatic N) is 2. The Hall–Kier alpha value is -3.48. The van der Waals surface area contributed by atoms with E-state index in [-0.39, 0.29) is 25.3 Å². The van der Waals surface area contributed by atoms with E-state index in [4.69, 9.17) is 10.8 Å². The fraction of sp³-hybridized carbons (Fsp3) is 0.636. The molecule has 13 heteroatoms. The number of aliphatic carboxylic acids is 2. The first kappa shape index (κ1) is 27.8. The Kier molecular flexibility index (Phi) is 10.2. The Labute approximate surface area is 202 Å². The summed E-state index contributed by atoms with van der Waals surface area (Å²) >= 11 is 0. The number of carboxylic acids is 2. The molecule has 0 aromatic carbocycles. The van der Waals surface area contributed by atoms with E-state index in [1.54, 1.807) is 0 Å². The van der Waals surface area contributed by atoms with E-state index in [1.807, 2.05) is 13.8 Å². The molecule has 4 unspecified atom stereocenters. The predicted molar refractivity (Wildman–Crippen MR) is 123 cm³/mol. The van der Waals surface area contributed by atoms with Crippen LogP contribution in [0.4, 0.5) is 0 Å². The second kappa shape index (κ2) is 12.8. The highest BCUT2D eigenvalue weighted by atomic mass is 16.4. The summed E-state index contributed by atoms with van der Waals surface area (Å²) in [5.74, 6) is -4.05. The molecule has 1 fully saturated rings. The van der Waals surface area contributed by atoms with Crippen molar-refractivity contribution < 1.29 is 34.2 Å². The van der Waals surface area contributed by atoms with Crippen molar-refractivity contribution in [2.45, 2.75) is 76.5 Å². The molecule has 0 spiro atoms. The topological polar surface area (TPSA) is 208 Å². The minimum atomic E-state index is -1.40. The summed E-state index contributed by atoms with van der Waals surface area (Å²) in [7, 11) is 0. The van der Waals surface area contributed by atoms with Gasteiger partial charge in [-0.05, 0) is 31.6 Å². The predicted octanol–water partition coefficient (Wildman–Crippen LogP) is -0.764. The fourth-order valence-electron chi connectivity index (χ4n) is 4.01. The number of imidazole rings is 1. The van der Waals surface area contributed by atoms with Gasteiger partial charge in [-0.3, -0.25) is 19.2 Å². The number of carboxylic acid groups (broad SMARTS) is 2. The zero-order valence-electron chi connectivity index (χ0n) is 19.9. The van der Waals surface area contributed by atoms with Gasteiger partial charge in [0.2, 0.25) is 17.7 Å². The molecular formula is C22H34N6O7. The van der Waals surface area contributed by atoms with Gasteiger partial charge >= 0.3 is 11.9 Å². The lowest BCUT2D eigenvalue weighted by Crippen LogP contribution is -2.57. The molecule has 1 aromatic rings. The average Bonchev–Trinajstić information content (AvgIpc) is 3.46. The normalized spacial score (nSPS) is 18.1. The van der Waals surface area contributed by atoms with Crippen molar-refractivity contribution in [2.24, 2.45) is 11.7 Å². The van der Waals surface area contributed by atoms with Gasteiger partial charge in [0, 0.05) is 31.3 Å². The Bertz CT molecular complexity index is 904. The quantitative estimate of drug-likeness (QED) is 0.203. The summed E-state index contributed by atoms with van der Waals surface area (Å²) in [4.78, 5) is 69.4. The van der Waals surface area contributed by atoms with Crippen LogP contribution in [0.2, 0.25) is 0 Å². The lowest BCUT2D eigenvalue weighted by atomic mass is 10.0. The van der Waals surface area contributed by atoms with E-state index in [9.17, 15) is 29.1 Å². The monoisotopic (exact) mass is 494 g/mol. The molecule has 3 amide bonds. The number of likely N-dealkylation sites (tertiary alicyclic amines) is 1. The molecule has 1 aliphatic rings. The third-order valence-electron chi connectivity index (χ3n) is 5.76. The maximum atomic E-state index is 13.5. The van der Waals surface area contributed by atoms with Crippen molar-refractivity contribution >= 4 is 29.7 Å². The molecule has 1 saturated heterocycles. The number of hydrogen-bond acceptors (Lipinski definition) is 7. The van der Waals surface area contributed by atoms with Gasteiger partial charge in [-0.1, -0.05) is 13.8 Å². The number of aromatic amines is 1. The van der Waals surface area contributed by atoms with Crippen LogP contribution in [0, 0.1) is 5.92 Å². The third-order valence-corrected chi connectivity index (χ3v) is 5.76. The van der Waals surface area contributed by atoms with Crippen LogP contribution in [0.1, 0.15) is 51.6 Å². The number of nitrogens with two attached hydrogens (primary N) is 1. The molecule has 0 radical (unpaired) electrons. The van der Waals surface area contributed by atoms with Crippen molar-refractivity contribution in [2.75, 3.05) is 6.54 Å². The average molecular weight is 495 g/mol. The van der Waals surface area contributed by atoms with Crippen LogP contribution in [0.3, 0.4) is 0 Å². The number of carbonyl (C=O) groups is 5. The number of amides is 3. The van der Waals surface area contributed by atoms with Crippen LogP contribution in [0.15, 0.2) is 12.5 Å². The number of carbonyl (C=O) groups excluding carboxylic acids is 3. The maximum Gasteiger partial charge on any atom is 0.326 e. The summed E-state index contributed by atoms with van der Waals surface area (Å²) in [5, 5.41) is 23.2. The van der Waals surface area contributed by atoms with Crippen molar-refractivity contribution in [3.8, 4) is 0 Å². The number of rotatable bonds is 13. The van der Waals surface area contributed by atoms with E-state index in [2.05, 4.69) is 20.6 Å². The number of aromatic nitrogens is 2. The van der Waals surface area contributed by atoms with E-state index >= 15 is 0 Å². The first-order chi connectivity index (χ1) is 16.5. The molecule has 194 valence electrons. The summed E-state index contributed by atoms with van der Waals surface area (Å²) in [6.45, 7) is 4.10. The standard InChI is InChI=1S/C22H34N6O7/c1-12(2)8-14(23)19(31)27-16(9-13-10-24-11-25-13)21(33)28-7-3-4-17(28)20(32)26-15(22(34)35)5-6-18(29)30/h10-12,14-17H,3-9,23H2,1-2H3,(H,24,25)(H,26,32)(H,27,31)(H,29,30)(H,34,35). The van der Waals surface area contributed by atoms with Gasteiger partial charge in [-0.2, -0.15) is 0 Å². The number of hydrogen-bond donors (Lipinski definition) is 6. The molecule has 4 atom stereocenters. The molecule has 1 aromatic heterocycles. The van der Waals surface area contributed by atoms with E-state index in [0.717, 1.165) is 0 Å². The highest BCUT2D eigenvalue weighted by Gasteiger charge is 2.39. The molecule has 0 bridgehead atoms. The third kappa shape index (κ3) is 8.35.